The molecule has 1 atom stereocenters. The summed E-state index contributed by atoms with van der Waals surface area (Å²) in [5, 5.41) is 4.43. The highest BCUT2D eigenvalue weighted by Crippen LogP contribution is 2.30. The second kappa shape index (κ2) is 9.24. The quantitative estimate of drug-likeness (QED) is 0.648. The average Bonchev–Trinajstić information content (AvgIpc) is 2.58. The summed E-state index contributed by atoms with van der Waals surface area (Å²) in [7, 11) is 2.17. The normalized spacial score (nSPS) is 22.0. The van der Waals surface area contributed by atoms with Gasteiger partial charge in [-0.1, -0.05) is 49.6 Å². The molecule has 0 aromatic heterocycles. The van der Waals surface area contributed by atoms with E-state index in [1.165, 1.54) is 30.4 Å². The fourth-order valence-corrected chi connectivity index (χ4v) is 3.56. The third kappa shape index (κ3) is 5.09. The summed E-state index contributed by atoms with van der Waals surface area (Å²) < 4.78 is 0. The number of rotatable bonds is 8. The smallest absolute Gasteiger partial charge is 0.0505 e. The Hall–Kier alpha value is -1.32. The minimum atomic E-state index is 0.463. The van der Waals surface area contributed by atoms with Crippen LogP contribution in [-0.2, 0) is 0 Å². The SMILES string of the molecule is C=NC1=C(C(=C)NCC2=CC=C(Cl)CC2)CN(C)CC1CCCC. The van der Waals surface area contributed by atoms with Crippen molar-refractivity contribution in [3.05, 3.63) is 46.3 Å². The van der Waals surface area contributed by atoms with E-state index in [2.05, 4.69) is 48.6 Å². The molecule has 1 N–H and O–H groups in total. The summed E-state index contributed by atoms with van der Waals surface area (Å²) in [6.45, 7) is 13.1. The number of nitrogens with one attached hydrogen (secondary N) is 1. The number of hydrogen-bond donors (Lipinski definition) is 1. The van der Waals surface area contributed by atoms with Gasteiger partial charge in [-0.3, -0.25) is 4.99 Å². The molecule has 0 radical (unpaired) electrons. The minimum Gasteiger partial charge on any atom is -0.381 e. The zero-order valence-corrected chi connectivity index (χ0v) is 15.8. The van der Waals surface area contributed by atoms with Crippen LogP contribution in [0, 0.1) is 5.92 Å². The monoisotopic (exact) mass is 347 g/mol. The number of halogens is 1. The maximum Gasteiger partial charge on any atom is 0.0505 e. The van der Waals surface area contributed by atoms with E-state index in [0.29, 0.717) is 5.92 Å². The first-order valence-electron chi connectivity index (χ1n) is 8.90. The first kappa shape index (κ1) is 19.0. The van der Waals surface area contributed by atoms with Gasteiger partial charge in [0.25, 0.3) is 0 Å². The molecule has 3 nitrogen and oxygen atoms in total. The molecule has 0 aromatic carbocycles. The fraction of sp³-hybridized carbons (Fsp3) is 0.550. The van der Waals surface area contributed by atoms with Crippen LogP contribution in [0.4, 0.5) is 0 Å². The van der Waals surface area contributed by atoms with Crippen LogP contribution in [0.15, 0.2) is 51.3 Å². The molecule has 1 aliphatic heterocycles. The lowest BCUT2D eigenvalue weighted by Crippen LogP contribution is -2.36. The molecule has 0 amide bonds. The van der Waals surface area contributed by atoms with Gasteiger partial charge in [0.2, 0.25) is 0 Å². The lowest BCUT2D eigenvalue weighted by atomic mass is 9.90. The van der Waals surface area contributed by atoms with Crippen LogP contribution in [0.25, 0.3) is 0 Å². The van der Waals surface area contributed by atoms with Crippen molar-refractivity contribution in [1.82, 2.24) is 10.2 Å². The van der Waals surface area contributed by atoms with Crippen molar-refractivity contribution >= 4 is 18.3 Å². The molecule has 0 spiro atoms. The molecule has 2 aliphatic rings. The summed E-state index contributed by atoms with van der Waals surface area (Å²) >= 11 is 6.02. The molecular formula is C20H30ClN3. The van der Waals surface area contributed by atoms with Crippen LogP contribution in [-0.4, -0.2) is 38.3 Å². The molecule has 1 unspecified atom stereocenters. The summed E-state index contributed by atoms with van der Waals surface area (Å²) in [4.78, 5) is 6.74. The van der Waals surface area contributed by atoms with Gasteiger partial charge in [-0.15, -0.1) is 0 Å². The predicted octanol–water partition coefficient (Wildman–Crippen LogP) is 4.64. The standard InChI is InChI=1S/C20H30ClN3/c1-5-6-7-17-13-24(4)14-19(20(17)22-3)15(2)23-12-16-8-10-18(21)11-9-16/h8,10,17,23H,2-3,5-7,9,11-14H2,1,4H3. The highest BCUT2D eigenvalue weighted by Gasteiger charge is 2.26. The van der Waals surface area contributed by atoms with E-state index in [-0.39, 0.29) is 0 Å². The number of allylic oxidation sites excluding steroid dienone is 3. The van der Waals surface area contributed by atoms with E-state index in [1.54, 1.807) is 0 Å². The van der Waals surface area contributed by atoms with Crippen molar-refractivity contribution in [2.75, 3.05) is 26.7 Å². The maximum atomic E-state index is 6.02. The molecular weight excluding hydrogens is 318 g/mol. The Labute approximate surface area is 151 Å². The molecule has 0 saturated carbocycles. The van der Waals surface area contributed by atoms with E-state index in [9.17, 15) is 0 Å². The van der Waals surface area contributed by atoms with Crippen LogP contribution in [0.3, 0.4) is 0 Å². The molecule has 4 heteroatoms. The van der Waals surface area contributed by atoms with Gasteiger partial charge in [0, 0.05) is 41.9 Å². The summed E-state index contributed by atoms with van der Waals surface area (Å²) in [5.74, 6) is 0.463. The van der Waals surface area contributed by atoms with Crippen molar-refractivity contribution in [2.45, 2.75) is 39.0 Å². The van der Waals surface area contributed by atoms with Crippen LogP contribution in [0.5, 0.6) is 0 Å². The number of likely N-dealkylation sites (N-methyl/N-ethyl adjacent to an activating group) is 1. The second-order valence-corrected chi connectivity index (χ2v) is 7.31. The van der Waals surface area contributed by atoms with Crippen molar-refractivity contribution in [3.63, 3.8) is 0 Å². The Morgan fingerprint density at radius 1 is 1.42 bits per heavy atom. The highest BCUT2D eigenvalue weighted by molar-refractivity contribution is 6.29. The first-order valence-corrected chi connectivity index (χ1v) is 9.28. The molecule has 1 heterocycles. The van der Waals surface area contributed by atoms with Crippen molar-refractivity contribution in [3.8, 4) is 0 Å². The van der Waals surface area contributed by atoms with Gasteiger partial charge in [0.15, 0.2) is 0 Å². The molecule has 24 heavy (non-hydrogen) atoms. The number of nitrogens with zero attached hydrogens (tertiary/aromatic N) is 2. The third-order valence-corrected chi connectivity index (χ3v) is 5.13. The zero-order chi connectivity index (χ0) is 17.5. The van der Waals surface area contributed by atoms with Crippen molar-refractivity contribution < 1.29 is 0 Å². The Bertz CT molecular complexity index is 571. The fourth-order valence-electron chi connectivity index (χ4n) is 3.41. The Morgan fingerprint density at radius 2 is 2.21 bits per heavy atom. The maximum absolute atomic E-state index is 6.02. The second-order valence-electron chi connectivity index (χ2n) is 6.83. The molecule has 0 saturated heterocycles. The van der Waals surface area contributed by atoms with Gasteiger partial charge in [-0.25, -0.2) is 0 Å². The van der Waals surface area contributed by atoms with Gasteiger partial charge >= 0.3 is 0 Å². The van der Waals surface area contributed by atoms with E-state index < -0.39 is 0 Å². The minimum absolute atomic E-state index is 0.463. The van der Waals surface area contributed by atoms with Gasteiger partial charge in [0.05, 0.1) is 5.70 Å². The topological polar surface area (TPSA) is 27.6 Å². The third-order valence-electron chi connectivity index (χ3n) is 4.81. The Balaban J connectivity index is 2.06. The Morgan fingerprint density at radius 3 is 2.83 bits per heavy atom. The van der Waals surface area contributed by atoms with Gasteiger partial charge in [0.1, 0.15) is 0 Å². The molecule has 0 aromatic rings. The Kier molecular flexibility index (Phi) is 7.32. The molecule has 2 rings (SSSR count). The first-order chi connectivity index (χ1) is 11.5. The molecule has 132 valence electrons. The van der Waals surface area contributed by atoms with Crippen LogP contribution in [0.1, 0.15) is 39.0 Å². The van der Waals surface area contributed by atoms with Crippen LogP contribution in [0.2, 0.25) is 0 Å². The highest BCUT2D eigenvalue weighted by atomic mass is 35.5. The van der Waals surface area contributed by atoms with E-state index >= 15 is 0 Å². The summed E-state index contributed by atoms with van der Waals surface area (Å²) in [5.41, 5.74) is 4.69. The lowest BCUT2D eigenvalue weighted by molar-refractivity contribution is 0.280. The van der Waals surface area contributed by atoms with Gasteiger partial charge < -0.3 is 10.2 Å². The molecule has 1 aliphatic carbocycles. The largest absolute Gasteiger partial charge is 0.381 e. The average molecular weight is 348 g/mol. The van der Waals surface area contributed by atoms with Crippen molar-refractivity contribution in [1.29, 1.82) is 0 Å². The molecule has 0 bridgehead atoms. The van der Waals surface area contributed by atoms with Crippen LogP contribution >= 0.6 is 11.6 Å². The molecule has 0 fully saturated rings. The number of aliphatic imine (C=N–C) groups is 1. The number of hydrogen-bond acceptors (Lipinski definition) is 3. The van der Waals surface area contributed by atoms with Gasteiger partial charge in [-0.05, 0) is 39.1 Å². The number of unbranched alkanes of at least 4 members (excludes halogenated alkanes) is 1. The van der Waals surface area contributed by atoms with E-state index in [1.807, 2.05) is 6.08 Å². The van der Waals surface area contributed by atoms with E-state index in [4.69, 9.17) is 11.6 Å². The van der Waals surface area contributed by atoms with Gasteiger partial charge in [-0.2, -0.15) is 0 Å². The van der Waals surface area contributed by atoms with Crippen molar-refractivity contribution in [2.24, 2.45) is 10.9 Å². The summed E-state index contributed by atoms with van der Waals surface area (Å²) in [6, 6.07) is 0. The lowest BCUT2D eigenvalue weighted by Gasteiger charge is -2.33. The summed E-state index contributed by atoms with van der Waals surface area (Å²) in [6.07, 6.45) is 9.67. The van der Waals surface area contributed by atoms with Crippen LogP contribution < -0.4 is 5.32 Å². The predicted molar refractivity (Wildman–Crippen MR) is 105 cm³/mol. The van der Waals surface area contributed by atoms with E-state index in [0.717, 1.165) is 48.9 Å². The zero-order valence-electron chi connectivity index (χ0n) is 15.1.